The summed E-state index contributed by atoms with van der Waals surface area (Å²) in [5.41, 5.74) is 2.40. The van der Waals surface area contributed by atoms with Crippen molar-refractivity contribution in [1.82, 2.24) is 10.9 Å². The molecule has 1 heterocycles. The molecule has 0 amide bonds. The quantitative estimate of drug-likeness (QED) is 0.579. The van der Waals surface area contributed by atoms with Crippen LogP contribution < -0.4 is 10.9 Å². The van der Waals surface area contributed by atoms with E-state index in [1.807, 2.05) is 0 Å². The molecule has 0 aliphatic carbocycles. The van der Waals surface area contributed by atoms with Crippen molar-refractivity contribution in [3.63, 3.8) is 0 Å². The monoisotopic (exact) mass is 216 g/mol. The molecule has 1 aromatic carbocycles. The second kappa shape index (κ2) is 3.04. The summed E-state index contributed by atoms with van der Waals surface area (Å²) in [7, 11) is 0. The number of hydrogen-bond acceptors (Lipinski definition) is 3. The Kier molecular flexibility index (Phi) is 2.06. The van der Waals surface area contributed by atoms with Gasteiger partial charge in [0.1, 0.15) is 6.29 Å². The number of carbonyl (C=O) groups is 1. The maximum atomic E-state index is 12.6. The first-order valence-corrected chi connectivity index (χ1v) is 4.16. The molecule has 1 aliphatic heterocycles. The summed E-state index contributed by atoms with van der Waals surface area (Å²) in [5, 5.41) is 0. The zero-order valence-electron chi connectivity index (χ0n) is 7.43. The van der Waals surface area contributed by atoms with E-state index in [1.165, 1.54) is 24.3 Å². The van der Waals surface area contributed by atoms with Gasteiger partial charge in [-0.15, -0.1) is 0 Å². The molecular formula is C9H7F3N2O. The van der Waals surface area contributed by atoms with Crippen LogP contribution in [0.1, 0.15) is 15.9 Å². The van der Waals surface area contributed by atoms with Crippen LogP contribution in [0.25, 0.3) is 0 Å². The number of hydrogen-bond donors (Lipinski definition) is 2. The maximum Gasteiger partial charge on any atom is 0.426 e. The largest absolute Gasteiger partial charge is 0.426 e. The van der Waals surface area contributed by atoms with E-state index in [0.717, 1.165) is 0 Å². The second-order valence-corrected chi connectivity index (χ2v) is 3.24. The lowest BCUT2D eigenvalue weighted by atomic mass is 10.0. The van der Waals surface area contributed by atoms with E-state index in [0.29, 0.717) is 11.8 Å². The minimum atomic E-state index is -4.41. The molecule has 80 valence electrons. The molecular weight excluding hydrogens is 209 g/mol. The van der Waals surface area contributed by atoms with Gasteiger partial charge in [-0.05, 0) is 5.56 Å². The molecule has 3 nitrogen and oxygen atoms in total. The maximum absolute atomic E-state index is 12.6. The molecule has 0 atom stereocenters. The fourth-order valence-electron chi connectivity index (χ4n) is 1.32. The SMILES string of the molecule is O=Cc1ccc(C2(C(F)(F)F)NN2)cc1. The van der Waals surface area contributed by atoms with Crippen LogP contribution in [0.3, 0.4) is 0 Å². The number of alkyl halides is 3. The molecule has 1 aromatic rings. The first-order valence-electron chi connectivity index (χ1n) is 4.16. The Morgan fingerprint density at radius 3 is 2.00 bits per heavy atom. The van der Waals surface area contributed by atoms with E-state index in [-0.39, 0.29) is 5.56 Å². The summed E-state index contributed by atoms with van der Waals surface area (Å²) in [6.07, 6.45) is -3.83. The van der Waals surface area contributed by atoms with Crippen molar-refractivity contribution >= 4 is 6.29 Å². The average molecular weight is 216 g/mol. The van der Waals surface area contributed by atoms with Crippen molar-refractivity contribution in [2.24, 2.45) is 0 Å². The smallest absolute Gasteiger partial charge is 0.298 e. The van der Waals surface area contributed by atoms with Crippen LogP contribution in [-0.4, -0.2) is 12.5 Å². The van der Waals surface area contributed by atoms with Gasteiger partial charge in [-0.2, -0.15) is 13.2 Å². The summed E-state index contributed by atoms with van der Waals surface area (Å²) < 4.78 is 37.7. The Labute approximate surface area is 83.2 Å². The van der Waals surface area contributed by atoms with Crippen molar-refractivity contribution < 1.29 is 18.0 Å². The molecule has 2 N–H and O–H groups in total. The summed E-state index contributed by atoms with van der Waals surface area (Å²) in [6, 6.07) is 5.23. The van der Waals surface area contributed by atoms with Crippen molar-refractivity contribution in [3.8, 4) is 0 Å². The van der Waals surface area contributed by atoms with E-state index in [1.54, 1.807) is 0 Å². The fraction of sp³-hybridized carbons (Fsp3) is 0.222. The van der Waals surface area contributed by atoms with Gasteiger partial charge < -0.3 is 0 Å². The number of hydrazine groups is 1. The third kappa shape index (κ3) is 1.51. The lowest BCUT2D eigenvalue weighted by Crippen LogP contribution is -2.34. The highest BCUT2D eigenvalue weighted by molar-refractivity contribution is 5.74. The summed E-state index contributed by atoms with van der Waals surface area (Å²) in [5.74, 6) is 0. The van der Waals surface area contributed by atoms with Gasteiger partial charge in [0, 0.05) is 5.56 Å². The highest BCUT2D eigenvalue weighted by atomic mass is 19.4. The Balaban J connectivity index is 2.34. The highest BCUT2D eigenvalue weighted by Crippen LogP contribution is 2.41. The topological polar surface area (TPSA) is 61.0 Å². The van der Waals surface area contributed by atoms with Crippen molar-refractivity contribution in [2.75, 3.05) is 0 Å². The van der Waals surface area contributed by atoms with Crippen molar-refractivity contribution in [1.29, 1.82) is 0 Å². The predicted octanol–water partition coefficient (Wildman–Crippen LogP) is 1.32. The Hall–Kier alpha value is -1.40. The molecule has 1 aliphatic rings. The van der Waals surface area contributed by atoms with E-state index in [2.05, 4.69) is 10.9 Å². The lowest BCUT2D eigenvalue weighted by molar-refractivity contribution is -0.165. The number of benzene rings is 1. The average Bonchev–Trinajstić information content (AvgIpc) is 2.98. The Morgan fingerprint density at radius 2 is 1.67 bits per heavy atom. The minimum Gasteiger partial charge on any atom is -0.298 e. The van der Waals surface area contributed by atoms with Crippen molar-refractivity contribution in [2.45, 2.75) is 11.8 Å². The van der Waals surface area contributed by atoms with E-state index in [4.69, 9.17) is 0 Å². The van der Waals surface area contributed by atoms with Crippen LogP contribution in [0.5, 0.6) is 0 Å². The summed E-state index contributed by atoms with van der Waals surface area (Å²) >= 11 is 0. The molecule has 0 bridgehead atoms. The Bertz CT molecular complexity index is 381. The minimum absolute atomic E-state index is 0.0422. The zero-order chi connectivity index (χ0) is 11.1. The molecule has 1 fully saturated rings. The molecule has 0 saturated carbocycles. The standard InChI is InChI=1S/C9H7F3N2O/c10-9(11,12)8(13-14-8)7-3-1-6(5-15)2-4-7/h1-5,13-14H. The lowest BCUT2D eigenvalue weighted by Gasteiger charge is -2.15. The van der Waals surface area contributed by atoms with Gasteiger partial charge in [0.05, 0.1) is 0 Å². The van der Waals surface area contributed by atoms with Gasteiger partial charge in [0.25, 0.3) is 0 Å². The van der Waals surface area contributed by atoms with E-state index < -0.39 is 11.8 Å². The van der Waals surface area contributed by atoms with E-state index in [9.17, 15) is 18.0 Å². The van der Waals surface area contributed by atoms with Gasteiger partial charge in [0.15, 0.2) is 0 Å². The van der Waals surface area contributed by atoms with Crippen molar-refractivity contribution in [3.05, 3.63) is 35.4 Å². The fourth-order valence-corrected chi connectivity index (χ4v) is 1.32. The van der Waals surface area contributed by atoms with E-state index >= 15 is 0 Å². The molecule has 2 rings (SSSR count). The molecule has 0 radical (unpaired) electrons. The highest BCUT2D eigenvalue weighted by Gasteiger charge is 2.65. The van der Waals surface area contributed by atoms with Crippen LogP contribution in [0, 0.1) is 0 Å². The van der Waals surface area contributed by atoms with Gasteiger partial charge in [-0.1, -0.05) is 24.3 Å². The first kappa shape index (κ1) is 10.1. The molecule has 1 saturated heterocycles. The number of nitrogens with one attached hydrogen (secondary N) is 2. The molecule has 0 unspecified atom stereocenters. The van der Waals surface area contributed by atoms with Gasteiger partial charge in [-0.3, -0.25) is 4.79 Å². The normalized spacial score (nSPS) is 18.6. The van der Waals surface area contributed by atoms with Crippen LogP contribution in [0.4, 0.5) is 13.2 Å². The Morgan fingerprint density at radius 1 is 1.13 bits per heavy atom. The molecule has 15 heavy (non-hydrogen) atoms. The first-order chi connectivity index (χ1) is 6.99. The summed E-state index contributed by atoms with van der Waals surface area (Å²) in [4.78, 5) is 10.3. The van der Waals surface area contributed by atoms with Gasteiger partial charge >= 0.3 is 6.18 Å². The summed E-state index contributed by atoms with van der Waals surface area (Å²) in [6.45, 7) is 0. The second-order valence-electron chi connectivity index (χ2n) is 3.24. The molecule has 0 spiro atoms. The molecule has 6 heteroatoms. The molecule has 0 aromatic heterocycles. The third-order valence-electron chi connectivity index (χ3n) is 2.28. The number of carbonyl (C=O) groups excluding carboxylic acids is 1. The van der Waals surface area contributed by atoms with Gasteiger partial charge in [0.2, 0.25) is 5.66 Å². The predicted molar refractivity (Wildman–Crippen MR) is 45.8 cm³/mol. The van der Waals surface area contributed by atoms with Crippen LogP contribution in [0.15, 0.2) is 24.3 Å². The number of aldehydes is 1. The third-order valence-corrected chi connectivity index (χ3v) is 2.28. The zero-order valence-corrected chi connectivity index (χ0v) is 7.43. The van der Waals surface area contributed by atoms with Crippen LogP contribution in [0.2, 0.25) is 0 Å². The number of rotatable bonds is 2. The van der Waals surface area contributed by atoms with Crippen LogP contribution in [-0.2, 0) is 5.66 Å². The number of halogens is 3. The van der Waals surface area contributed by atoms with Crippen LogP contribution >= 0.6 is 0 Å². The van der Waals surface area contributed by atoms with Gasteiger partial charge in [-0.25, -0.2) is 10.9 Å².